The number of carbonyl (C=O) groups is 1. The molecule has 3 nitrogen and oxygen atoms in total. The minimum atomic E-state index is -0.759. The van der Waals surface area contributed by atoms with Gasteiger partial charge in [0.15, 0.2) is 0 Å². The van der Waals surface area contributed by atoms with Crippen LogP contribution in [0.4, 0.5) is 0 Å². The van der Waals surface area contributed by atoms with Crippen LogP contribution in [0.15, 0.2) is 0 Å². The van der Waals surface area contributed by atoms with E-state index in [2.05, 4.69) is 12.0 Å². The van der Waals surface area contributed by atoms with Crippen LogP contribution in [0.25, 0.3) is 0 Å². The molecule has 1 N–H and O–H groups in total. The molecule has 12 heavy (non-hydrogen) atoms. The van der Waals surface area contributed by atoms with Crippen molar-refractivity contribution in [1.29, 1.82) is 0 Å². The first kappa shape index (κ1) is 11.1. The van der Waals surface area contributed by atoms with Gasteiger partial charge in [-0.05, 0) is 19.8 Å². The van der Waals surface area contributed by atoms with Crippen LogP contribution in [0, 0.1) is 12.0 Å². The molecule has 1 rings (SSSR count). The summed E-state index contributed by atoms with van der Waals surface area (Å²) in [6.45, 7) is 2.51. The van der Waals surface area contributed by atoms with E-state index in [1.54, 1.807) is 11.8 Å². The number of halogens is 1. The number of rotatable bonds is 1. The molecule has 68 valence electrons. The van der Waals surface area contributed by atoms with Gasteiger partial charge >= 0.3 is 5.97 Å². The first-order valence-electron chi connectivity index (χ1n) is 3.67. The number of hydrogen-bond acceptors (Lipinski definition) is 2. The van der Waals surface area contributed by atoms with E-state index in [9.17, 15) is 4.79 Å². The first-order chi connectivity index (χ1) is 5.25. The molecular formula is C8H12ClNO2. The molecule has 1 aliphatic heterocycles. The van der Waals surface area contributed by atoms with Crippen LogP contribution < -0.4 is 0 Å². The Morgan fingerprint density at radius 2 is 2.33 bits per heavy atom. The van der Waals surface area contributed by atoms with E-state index in [1.165, 1.54) is 0 Å². The van der Waals surface area contributed by atoms with Crippen molar-refractivity contribution in [1.82, 2.24) is 4.90 Å². The average Bonchev–Trinajstić information content (AvgIpc) is 2.36. The second kappa shape index (κ2) is 4.89. The van der Waals surface area contributed by atoms with Crippen molar-refractivity contribution < 1.29 is 9.90 Å². The molecular weight excluding hydrogens is 178 g/mol. The molecule has 0 bridgehead atoms. The third kappa shape index (κ3) is 2.31. The van der Waals surface area contributed by atoms with Gasteiger partial charge in [-0.2, -0.15) is 0 Å². The van der Waals surface area contributed by atoms with Crippen LogP contribution in [-0.2, 0) is 4.79 Å². The predicted molar refractivity (Wildman–Crippen MR) is 48.1 cm³/mol. The minimum Gasteiger partial charge on any atom is -0.480 e. The summed E-state index contributed by atoms with van der Waals surface area (Å²) in [7, 11) is 0. The average molecular weight is 190 g/mol. The molecule has 0 aromatic rings. The van der Waals surface area contributed by atoms with Crippen molar-refractivity contribution in [2.24, 2.45) is 0 Å². The number of nitrogens with zero attached hydrogens (tertiary/aromatic N) is 1. The highest BCUT2D eigenvalue weighted by molar-refractivity contribution is 5.85. The Bertz CT molecular complexity index is 219. The zero-order chi connectivity index (χ0) is 8.27. The van der Waals surface area contributed by atoms with Gasteiger partial charge in [0.2, 0.25) is 0 Å². The fourth-order valence-electron chi connectivity index (χ4n) is 1.30. The first-order valence-corrected chi connectivity index (χ1v) is 3.67. The Morgan fingerprint density at radius 1 is 1.67 bits per heavy atom. The molecule has 0 saturated carbocycles. The Morgan fingerprint density at radius 3 is 2.83 bits per heavy atom. The quantitative estimate of drug-likeness (QED) is 0.625. The Balaban J connectivity index is 0.00000121. The fraction of sp³-hybridized carbons (Fsp3) is 0.625. The fourth-order valence-corrected chi connectivity index (χ4v) is 1.30. The van der Waals surface area contributed by atoms with Crippen molar-refractivity contribution in [3.05, 3.63) is 0 Å². The Labute approximate surface area is 78.2 Å². The summed E-state index contributed by atoms with van der Waals surface area (Å²) >= 11 is 0. The van der Waals surface area contributed by atoms with E-state index in [-0.39, 0.29) is 18.4 Å². The molecule has 0 spiro atoms. The van der Waals surface area contributed by atoms with Crippen LogP contribution in [0.5, 0.6) is 0 Å². The van der Waals surface area contributed by atoms with Gasteiger partial charge in [-0.3, -0.25) is 0 Å². The molecule has 0 amide bonds. The van der Waals surface area contributed by atoms with Gasteiger partial charge in [-0.25, -0.2) is 4.79 Å². The zero-order valence-electron chi connectivity index (χ0n) is 6.91. The molecule has 1 saturated heterocycles. The van der Waals surface area contributed by atoms with Crippen molar-refractivity contribution in [2.75, 3.05) is 6.54 Å². The van der Waals surface area contributed by atoms with Crippen molar-refractivity contribution in [3.8, 4) is 12.0 Å². The van der Waals surface area contributed by atoms with E-state index in [4.69, 9.17) is 5.11 Å². The molecule has 0 unspecified atom stereocenters. The smallest absolute Gasteiger partial charge is 0.327 e. The zero-order valence-corrected chi connectivity index (χ0v) is 7.73. The third-order valence-corrected chi connectivity index (χ3v) is 1.79. The van der Waals surface area contributed by atoms with Crippen molar-refractivity contribution in [3.63, 3.8) is 0 Å². The summed E-state index contributed by atoms with van der Waals surface area (Å²) in [5.41, 5.74) is 0. The monoisotopic (exact) mass is 189 g/mol. The van der Waals surface area contributed by atoms with E-state index < -0.39 is 5.97 Å². The van der Waals surface area contributed by atoms with Gasteiger partial charge in [0.25, 0.3) is 0 Å². The topological polar surface area (TPSA) is 40.5 Å². The summed E-state index contributed by atoms with van der Waals surface area (Å²) in [6, 6.07) is 2.41. The maximum atomic E-state index is 10.6. The normalized spacial score (nSPS) is 20.8. The van der Waals surface area contributed by atoms with Gasteiger partial charge in [0.1, 0.15) is 6.04 Å². The molecule has 0 aromatic carbocycles. The lowest BCUT2D eigenvalue weighted by molar-refractivity contribution is -0.141. The predicted octanol–water partition coefficient (Wildman–Crippen LogP) is 0.938. The summed E-state index contributed by atoms with van der Waals surface area (Å²) in [4.78, 5) is 12.3. The van der Waals surface area contributed by atoms with Crippen LogP contribution in [0.1, 0.15) is 19.8 Å². The largest absolute Gasteiger partial charge is 0.480 e. The Kier molecular flexibility index (Phi) is 4.53. The summed E-state index contributed by atoms with van der Waals surface area (Å²) in [5, 5.41) is 8.70. The number of hydrogen-bond donors (Lipinski definition) is 1. The molecule has 0 radical (unpaired) electrons. The molecule has 1 aliphatic rings. The number of aliphatic carboxylic acids is 1. The minimum absolute atomic E-state index is 0. The SMILES string of the molecule is CC#CN1CCC[C@H]1C(=O)O.Cl. The van der Waals surface area contributed by atoms with Crippen LogP contribution in [0.3, 0.4) is 0 Å². The molecule has 1 heterocycles. The van der Waals surface area contributed by atoms with Crippen molar-refractivity contribution in [2.45, 2.75) is 25.8 Å². The molecule has 1 atom stereocenters. The highest BCUT2D eigenvalue weighted by Gasteiger charge is 2.28. The van der Waals surface area contributed by atoms with Crippen LogP contribution in [-0.4, -0.2) is 28.6 Å². The van der Waals surface area contributed by atoms with E-state index >= 15 is 0 Å². The highest BCUT2D eigenvalue weighted by Crippen LogP contribution is 2.15. The van der Waals surface area contributed by atoms with Gasteiger partial charge in [0.05, 0.1) is 0 Å². The van der Waals surface area contributed by atoms with Gasteiger partial charge < -0.3 is 10.0 Å². The second-order valence-corrected chi connectivity index (χ2v) is 2.55. The van der Waals surface area contributed by atoms with E-state index in [0.717, 1.165) is 19.4 Å². The van der Waals surface area contributed by atoms with E-state index in [0.29, 0.717) is 0 Å². The lowest BCUT2D eigenvalue weighted by Crippen LogP contribution is -2.32. The van der Waals surface area contributed by atoms with E-state index in [1.807, 2.05) is 0 Å². The Hall–Kier alpha value is -0.880. The molecule has 1 fully saturated rings. The number of carboxylic acids is 1. The summed E-state index contributed by atoms with van der Waals surface area (Å²) in [6.07, 6.45) is 1.66. The van der Waals surface area contributed by atoms with Gasteiger partial charge in [-0.15, -0.1) is 12.4 Å². The highest BCUT2D eigenvalue weighted by atomic mass is 35.5. The molecule has 4 heteroatoms. The second-order valence-electron chi connectivity index (χ2n) is 2.55. The van der Waals surface area contributed by atoms with Gasteiger partial charge in [0, 0.05) is 12.6 Å². The maximum Gasteiger partial charge on any atom is 0.327 e. The van der Waals surface area contributed by atoms with Crippen LogP contribution in [0.2, 0.25) is 0 Å². The lowest BCUT2D eigenvalue weighted by atomic mass is 10.2. The molecule has 0 aliphatic carbocycles. The third-order valence-electron chi connectivity index (χ3n) is 1.79. The lowest BCUT2D eigenvalue weighted by Gasteiger charge is -2.14. The number of likely N-dealkylation sites (tertiary alicyclic amines) is 1. The van der Waals surface area contributed by atoms with Crippen LogP contribution >= 0.6 is 12.4 Å². The standard InChI is InChI=1S/C8H11NO2.ClH/c1-2-5-9-6-3-4-7(9)8(10)11;/h7H,3-4,6H2,1H3,(H,10,11);1H/t7-;/m0./s1. The maximum absolute atomic E-state index is 10.6. The summed E-state index contributed by atoms with van der Waals surface area (Å²) in [5.74, 6) is 1.95. The molecule has 0 aromatic heterocycles. The van der Waals surface area contributed by atoms with Gasteiger partial charge in [-0.1, -0.05) is 5.92 Å². The summed E-state index contributed by atoms with van der Waals surface area (Å²) < 4.78 is 0. The van der Waals surface area contributed by atoms with Crippen molar-refractivity contribution >= 4 is 18.4 Å². The number of carboxylic acid groups (broad SMARTS) is 1.